The van der Waals surface area contributed by atoms with E-state index in [0.717, 1.165) is 54.4 Å². The van der Waals surface area contributed by atoms with Crippen molar-refractivity contribution in [2.24, 2.45) is 0 Å². The molecule has 0 bridgehead atoms. The molecule has 0 amide bonds. The summed E-state index contributed by atoms with van der Waals surface area (Å²) in [6.45, 7) is 20.1. The van der Waals surface area contributed by atoms with Crippen LogP contribution in [-0.4, -0.2) is 22.0 Å². The van der Waals surface area contributed by atoms with E-state index in [1.165, 1.54) is 66.5 Å². The molecule has 7 rings (SSSR count). The molecule has 65 heavy (non-hydrogen) atoms. The highest BCUT2D eigenvalue weighted by Gasteiger charge is 2.24. The van der Waals surface area contributed by atoms with E-state index < -0.39 is 0 Å². The zero-order valence-electron chi connectivity index (χ0n) is 39.7. The summed E-state index contributed by atoms with van der Waals surface area (Å²) in [7, 11) is 1.63. The van der Waals surface area contributed by atoms with Gasteiger partial charge in [-0.3, -0.25) is 4.79 Å². The molecule has 0 N–H and O–H groups in total. The number of rotatable bonds is 16. The molecule has 6 aromatic rings. The van der Waals surface area contributed by atoms with Crippen molar-refractivity contribution in [1.82, 2.24) is 9.13 Å². The first-order valence-corrected chi connectivity index (χ1v) is 23.2. The largest absolute Gasteiger partial charge is 0.496 e. The monoisotopic (exact) mass is 856 g/mol. The minimum atomic E-state index is -0.0656. The summed E-state index contributed by atoms with van der Waals surface area (Å²) in [4.78, 5) is 14.5. The smallest absolute Gasteiger partial charge is 0.197 e. The van der Waals surface area contributed by atoms with Crippen molar-refractivity contribution in [3.05, 3.63) is 212 Å². The van der Waals surface area contributed by atoms with Gasteiger partial charge >= 0.3 is 0 Å². The standard InChI is InChI=1S/C61H64N2O2/c1-10-14-15-16-23-44(7)41-62-54(13-4)53(59-45(8)38-43(6)32-37-57(59)62)40-46(11-2)47-33-35-49(36-34-47)61(64)60-48(26-22-31-58(60)65-9)25-17-19-29-55-51(12-3)52-28-18-20-30-56(52)63(55)50-27-21-24-42(5)39-50/h10,12,15-18,20-36,38-40H,1,11,13-14,19,37,41H2,2-9H3/b16-15-,25-17+,44-23+,46-40+,51-12-,55-29?. The van der Waals surface area contributed by atoms with Gasteiger partial charge in [0.25, 0.3) is 0 Å². The first-order valence-electron chi connectivity index (χ1n) is 23.2. The van der Waals surface area contributed by atoms with Gasteiger partial charge in [-0.15, -0.1) is 6.58 Å². The summed E-state index contributed by atoms with van der Waals surface area (Å²) in [5.74, 6) is 0.495. The van der Waals surface area contributed by atoms with E-state index >= 15 is 0 Å². The Morgan fingerprint density at radius 1 is 0.892 bits per heavy atom. The average molecular weight is 857 g/mol. The van der Waals surface area contributed by atoms with Crippen LogP contribution in [0.25, 0.3) is 52.0 Å². The van der Waals surface area contributed by atoms with Crippen LogP contribution >= 0.6 is 0 Å². The fourth-order valence-electron chi connectivity index (χ4n) is 9.42. The maximum absolute atomic E-state index is 14.5. The zero-order chi connectivity index (χ0) is 46.0. The van der Waals surface area contributed by atoms with Crippen LogP contribution in [0, 0.1) is 6.92 Å². The molecule has 0 saturated heterocycles. The predicted molar refractivity (Wildman–Crippen MR) is 279 cm³/mol. The Morgan fingerprint density at radius 3 is 2.38 bits per heavy atom. The maximum Gasteiger partial charge on any atom is 0.197 e. The van der Waals surface area contributed by atoms with E-state index in [1.807, 2.05) is 36.4 Å². The molecule has 0 unspecified atom stereocenters. The molecule has 0 spiro atoms. The minimum absolute atomic E-state index is 0.0656. The van der Waals surface area contributed by atoms with E-state index in [-0.39, 0.29) is 5.78 Å². The number of nitrogens with zero attached hydrogens (tertiary/aromatic N) is 2. The lowest BCUT2D eigenvalue weighted by molar-refractivity contribution is 0.103. The van der Waals surface area contributed by atoms with Crippen LogP contribution in [0.2, 0.25) is 0 Å². The van der Waals surface area contributed by atoms with E-state index in [9.17, 15) is 4.79 Å². The Bertz CT molecular complexity index is 3060. The number of methoxy groups -OCH3 is 1. The highest BCUT2D eigenvalue weighted by atomic mass is 16.5. The van der Waals surface area contributed by atoms with E-state index in [0.29, 0.717) is 23.3 Å². The number of carbonyl (C=O) groups is 1. The molecule has 0 fully saturated rings. The lowest BCUT2D eigenvalue weighted by atomic mass is 9.93. The lowest BCUT2D eigenvalue weighted by Gasteiger charge is -2.14. The number of ketones is 1. The minimum Gasteiger partial charge on any atom is -0.496 e. The van der Waals surface area contributed by atoms with Crippen molar-refractivity contribution >= 4 is 52.1 Å². The molecule has 330 valence electrons. The normalized spacial score (nSPS) is 14.0. The molecule has 2 aromatic heterocycles. The van der Waals surface area contributed by atoms with Crippen molar-refractivity contribution < 1.29 is 9.53 Å². The number of para-hydroxylation sites is 1. The summed E-state index contributed by atoms with van der Waals surface area (Å²) in [6.07, 6.45) is 28.4. The van der Waals surface area contributed by atoms with Gasteiger partial charge < -0.3 is 13.9 Å². The number of carbonyl (C=O) groups excluding carboxylic acids is 1. The Morgan fingerprint density at radius 2 is 1.66 bits per heavy atom. The van der Waals surface area contributed by atoms with E-state index in [1.54, 1.807) is 7.11 Å². The average Bonchev–Trinajstić information content (AvgIpc) is 3.74. The molecule has 1 aliphatic rings. The molecule has 2 heterocycles. The van der Waals surface area contributed by atoms with Gasteiger partial charge in [0.05, 0.1) is 23.5 Å². The third-order valence-corrected chi connectivity index (χ3v) is 12.5. The van der Waals surface area contributed by atoms with Gasteiger partial charge in [-0.05, 0) is 118 Å². The van der Waals surface area contributed by atoms with Crippen LogP contribution in [0.1, 0.15) is 116 Å². The van der Waals surface area contributed by atoms with Gasteiger partial charge in [-0.25, -0.2) is 0 Å². The van der Waals surface area contributed by atoms with Gasteiger partial charge in [0, 0.05) is 57.3 Å². The molecule has 0 atom stereocenters. The number of hydrogen-bond acceptors (Lipinski definition) is 2. The lowest BCUT2D eigenvalue weighted by Crippen LogP contribution is -2.28. The van der Waals surface area contributed by atoms with Crippen molar-refractivity contribution in [2.75, 3.05) is 7.11 Å². The van der Waals surface area contributed by atoms with Crippen LogP contribution in [0.3, 0.4) is 0 Å². The molecule has 0 saturated carbocycles. The van der Waals surface area contributed by atoms with Crippen LogP contribution in [-0.2, 0) is 19.4 Å². The van der Waals surface area contributed by atoms with Crippen LogP contribution in [0.15, 0.2) is 151 Å². The fraction of sp³-hybridized carbons (Fsp3) is 0.230. The van der Waals surface area contributed by atoms with Gasteiger partial charge in [0.1, 0.15) is 5.75 Å². The van der Waals surface area contributed by atoms with Crippen LogP contribution < -0.4 is 15.3 Å². The molecule has 0 radical (unpaired) electrons. The molecule has 4 aromatic carbocycles. The number of hydrogen-bond donors (Lipinski definition) is 0. The van der Waals surface area contributed by atoms with E-state index in [4.69, 9.17) is 4.74 Å². The summed E-state index contributed by atoms with van der Waals surface area (Å²) in [6, 6.07) is 31.2. The highest BCUT2D eigenvalue weighted by molar-refractivity contribution is 6.13. The Hall–Kier alpha value is -6.91. The second kappa shape index (κ2) is 21.2. The number of aryl methyl sites for hydroxylation is 1. The van der Waals surface area contributed by atoms with Crippen LogP contribution in [0.5, 0.6) is 5.75 Å². The number of aromatic nitrogens is 2. The SMILES string of the molecule is C=CC/C=C\C=C(/C)Cn1c(CC)c(/C=C(\CC)c2ccc(C(=O)c3c(/C=C/CC=c4/c(=C\C)c5ccccc5n4-c4cccc(C)c4)cccc3OC)cc2)c2c1CC=C(C)C=C2C. The number of allylic oxidation sites excluding steroid dienone is 11. The Labute approximate surface area is 387 Å². The maximum atomic E-state index is 14.5. The first-order chi connectivity index (χ1) is 31.6. The number of ether oxygens (including phenoxy) is 1. The number of benzene rings is 4. The first kappa shape index (κ1) is 46.1. The fourth-order valence-corrected chi connectivity index (χ4v) is 9.42. The van der Waals surface area contributed by atoms with E-state index in [2.05, 4.69) is 186 Å². The third kappa shape index (κ3) is 9.93. The summed E-state index contributed by atoms with van der Waals surface area (Å²) < 4.78 is 10.7. The third-order valence-electron chi connectivity index (χ3n) is 12.5. The van der Waals surface area contributed by atoms with Gasteiger partial charge in [0.2, 0.25) is 0 Å². The predicted octanol–water partition coefficient (Wildman–Crippen LogP) is 14.2. The molecule has 1 aliphatic carbocycles. The molecule has 0 aliphatic heterocycles. The zero-order valence-corrected chi connectivity index (χ0v) is 39.7. The molecule has 4 nitrogen and oxygen atoms in total. The van der Waals surface area contributed by atoms with Crippen molar-refractivity contribution in [2.45, 2.75) is 87.1 Å². The van der Waals surface area contributed by atoms with Crippen LogP contribution in [0.4, 0.5) is 0 Å². The second-order valence-corrected chi connectivity index (χ2v) is 17.0. The van der Waals surface area contributed by atoms with Gasteiger partial charge in [-0.1, -0.05) is 152 Å². The Balaban J connectivity index is 1.21. The number of fused-ring (bicyclic) bond motifs is 2. The van der Waals surface area contributed by atoms with Crippen molar-refractivity contribution in [1.29, 1.82) is 0 Å². The van der Waals surface area contributed by atoms with Crippen molar-refractivity contribution in [3.8, 4) is 11.4 Å². The molecular weight excluding hydrogens is 793 g/mol. The molecular formula is C61H64N2O2. The quantitative estimate of drug-likeness (QED) is 0.0552. The highest BCUT2D eigenvalue weighted by Crippen LogP contribution is 2.37. The van der Waals surface area contributed by atoms with Crippen molar-refractivity contribution in [3.63, 3.8) is 0 Å². The van der Waals surface area contributed by atoms with Gasteiger partial charge in [-0.2, -0.15) is 0 Å². The Kier molecular flexibility index (Phi) is 15.0. The summed E-state index contributed by atoms with van der Waals surface area (Å²) in [5, 5.41) is 3.59. The summed E-state index contributed by atoms with van der Waals surface area (Å²) >= 11 is 0. The molecule has 4 heteroatoms. The van der Waals surface area contributed by atoms with Gasteiger partial charge in [0.15, 0.2) is 5.78 Å². The topological polar surface area (TPSA) is 36.2 Å². The second-order valence-electron chi connectivity index (χ2n) is 17.0. The summed E-state index contributed by atoms with van der Waals surface area (Å²) in [5.41, 5.74) is 17.2.